The molecule has 5 heterocycles. The number of ketones is 1. The largest absolute Gasteiger partial charge is 0.468 e. The van der Waals surface area contributed by atoms with Crippen LogP contribution in [-0.4, -0.2) is 46.4 Å². The average Bonchev–Trinajstić information content (AvgIpc) is 3.79. The number of hydrogen-bond donors (Lipinski definition) is 4. The SMILES string of the molecule is C=CCOC(=O)CC[C@@H]1/C2=C3/c4[nH]c(c(C)c4C(=O)[C@@H]3C(=O)OC)/C=c3\[nH]/c(c(C)c3CC)=C\c3[nH]c(c(C)c3CC)/C=C(\N2)[C@H]1C. The predicted molar refractivity (Wildman–Crippen MR) is 183 cm³/mol. The van der Waals surface area contributed by atoms with Crippen molar-refractivity contribution >= 4 is 41.5 Å². The van der Waals surface area contributed by atoms with Crippen molar-refractivity contribution < 1.29 is 23.9 Å². The molecule has 0 saturated carbocycles. The van der Waals surface area contributed by atoms with Crippen molar-refractivity contribution in [2.45, 2.75) is 67.2 Å². The number of Topliss-reactive ketones (excluding diaryl/α,β-unsaturated/α-hetero) is 1. The molecule has 3 atom stereocenters. The van der Waals surface area contributed by atoms with Crippen molar-refractivity contribution in [2.75, 3.05) is 13.7 Å². The van der Waals surface area contributed by atoms with E-state index in [2.05, 4.69) is 79.7 Å². The lowest BCUT2D eigenvalue weighted by Crippen LogP contribution is -2.25. The van der Waals surface area contributed by atoms with Crippen LogP contribution in [0.3, 0.4) is 0 Å². The lowest BCUT2D eigenvalue weighted by molar-refractivity contribution is -0.143. The minimum atomic E-state index is -1.12. The summed E-state index contributed by atoms with van der Waals surface area (Å²) >= 11 is 0. The van der Waals surface area contributed by atoms with E-state index in [-0.39, 0.29) is 36.6 Å². The zero-order chi connectivity index (χ0) is 33.7. The van der Waals surface area contributed by atoms with Gasteiger partial charge in [-0.2, -0.15) is 0 Å². The van der Waals surface area contributed by atoms with Gasteiger partial charge in [0.15, 0.2) is 5.78 Å². The van der Waals surface area contributed by atoms with Crippen molar-refractivity contribution in [2.24, 2.45) is 17.8 Å². The molecule has 9 heteroatoms. The Morgan fingerprint density at radius 1 is 0.915 bits per heavy atom. The van der Waals surface area contributed by atoms with Crippen LogP contribution in [0.15, 0.2) is 24.0 Å². The van der Waals surface area contributed by atoms with E-state index < -0.39 is 11.9 Å². The fourth-order valence-electron chi connectivity index (χ4n) is 7.72. The number of nitrogens with one attached hydrogen (secondary N) is 4. The molecular formula is C38H44N4O5. The van der Waals surface area contributed by atoms with Crippen LogP contribution >= 0.6 is 0 Å². The number of aromatic nitrogens is 3. The highest BCUT2D eigenvalue weighted by atomic mass is 16.5. The average molecular weight is 637 g/mol. The molecule has 246 valence electrons. The van der Waals surface area contributed by atoms with Gasteiger partial charge < -0.3 is 29.7 Å². The van der Waals surface area contributed by atoms with Crippen LogP contribution in [-0.2, 0) is 31.9 Å². The number of hydrogen-bond acceptors (Lipinski definition) is 6. The molecule has 2 aliphatic heterocycles. The van der Waals surface area contributed by atoms with Crippen LogP contribution in [0.2, 0.25) is 0 Å². The van der Waals surface area contributed by atoms with Crippen molar-refractivity contribution in [1.82, 2.24) is 20.3 Å². The van der Waals surface area contributed by atoms with E-state index in [0.29, 0.717) is 23.3 Å². The molecule has 0 spiro atoms. The number of rotatable bonds is 8. The van der Waals surface area contributed by atoms with E-state index in [1.54, 1.807) is 6.08 Å². The number of H-pyrrole nitrogens is 3. The highest BCUT2D eigenvalue weighted by Gasteiger charge is 2.48. The number of carbonyl (C=O) groups excluding carboxylic acids is 3. The van der Waals surface area contributed by atoms with Gasteiger partial charge >= 0.3 is 11.9 Å². The number of methoxy groups -OCH3 is 1. The molecule has 0 aromatic carbocycles. The Kier molecular flexibility index (Phi) is 8.51. The maximum atomic E-state index is 14.2. The number of carbonyl (C=O) groups is 3. The Bertz CT molecular complexity index is 2010. The molecule has 4 N–H and O–H groups in total. The van der Waals surface area contributed by atoms with E-state index in [9.17, 15) is 14.4 Å². The Hall–Kier alpha value is -4.79. The Morgan fingerprint density at radius 2 is 1.62 bits per heavy atom. The van der Waals surface area contributed by atoms with Gasteiger partial charge in [-0.3, -0.25) is 14.4 Å². The van der Waals surface area contributed by atoms with Crippen molar-refractivity contribution in [1.29, 1.82) is 0 Å². The van der Waals surface area contributed by atoms with Crippen molar-refractivity contribution in [3.8, 4) is 0 Å². The van der Waals surface area contributed by atoms with Gasteiger partial charge in [0.2, 0.25) is 0 Å². The summed E-state index contributed by atoms with van der Waals surface area (Å²) in [4.78, 5) is 51.1. The quantitative estimate of drug-likeness (QED) is 0.160. The van der Waals surface area contributed by atoms with E-state index >= 15 is 0 Å². The third-order valence-corrected chi connectivity index (χ3v) is 10.3. The lowest BCUT2D eigenvalue weighted by atomic mass is 9.85. The van der Waals surface area contributed by atoms with Gasteiger partial charge in [0.25, 0.3) is 0 Å². The molecule has 6 rings (SSSR count). The summed E-state index contributed by atoms with van der Waals surface area (Å²) in [5.41, 5.74) is 11.8. The molecule has 1 fully saturated rings. The summed E-state index contributed by atoms with van der Waals surface area (Å²) in [6.45, 7) is 16.4. The second kappa shape index (κ2) is 12.4. The highest BCUT2D eigenvalue weighted by molar-refractivity contribution is 6.24. The fraction of sp³-hybridized carbons (Fsp3) is 0.395. The lowest BCUT2D eigenvalue weighted by Gasteiger charge is -2.19. The smallest absolute Gasteiger partial charge is 0.321 e. The van der Waals surface area contributed by atoms with E-state index in [0.717, 1.165) is 63.1 Å². The third-order valence-electron chi connectivity index (χ3n) is 10.3. The Morgan fingerprint density at radius 3 is 2.30 bits per heavy atom. The molecule has 1 aliphatic carbocycles. The number of esters is 2. The molecule has 9 nitrogen and oxygen atoms in total. The predicted octanol–water partition coefficient (Wildman–Crippen LogP) is 4.79. The first-order valence-electron chi connectivity index (χ1n) is 16.5. The molecule has 3 aliphatic rings. The summed E-state index contributed by atoms with van der Waals surface area (Å²) in [6.07, 6.45) is 10.3. The standard InChI is InChI=1S/C38H44N4O5/c1-9-14-47-31(43)13-12-24-20(6)27-15-25-18(4)22(10-2)29(39-25)16-26-19(5)23(11-3)30(40-26)17-28-21(7)32-36(42-28)33(35(24)41-27)34(37(32)44)38(45)46-8/h9,15-17,20,24,34,39-42H,1,10-14H2,2-8H3/b26-16-,27-15-,30-17-,35-33-/t20-,24-,34+/m0/s1. The van der Waals surface area contributed by atoms with Crippen molar-refractivity contribution in [3.05, 3.63) is 90.9 Å². The molecule has 1 saturated heterocycles. The highest BCUT2D eigenvalue weighted by Crippen LogP contribution is 2.48. The molecule has 8 bridgehead atoms. The molecule has 0 amide bonds. The number of ether oxygens (including phenoxy) is 2. The summed E-state index contributed by atoms with van der Waals surface area (Å²) < 4.78 is 10.5. The number of allylic oxidation sites excluding steroid dienone is 2. The van der Waals surface area contributed by atoms with Gasteiger partial charge in [-0.25, -0.2) is 0 Å². The monoisotopic (exact) mass is 636 g/mol. The van der Waals surface area contributed by atoms with Gasteiger partial charge in [0.05, 0.1) is 12.8 Å². The van der Waals surface area contributed by atoms with Gasteiger partial charge in [-0.05, 0) is 86.1 Å². The molecule has 0 radical (unpaired) electrons. The third kappa shape index (κ3) is 5.22. The van der Waals surface area contributed by atoms with Gasteiger partial charge in [0.1, 0.15) is 12.5 Å². The molecule has 3 aromatic heterocycles. The Balaban J connectivity index is 1.67. The first-order chi connectivity index (χ1) is 22.5. The molecular weight excluding hydrogens is 592 g/mol. The Labute approximate surface area is 274 Å². The van der Waals surface area contributed by atoms with E-state index in [1.807, 2.05) is 6.92 Å². The molecule has 0 unspecified atom stereocenters. The molecule has 3 aromatic rings. The first kappa shape index (κ1) is 32.2. The normalized spacial score (nSPS) is 23.7. The zero-order valence-corrected chi connectivity index (χ0v) is 28.3. The van der Waals surface area contributed by atoms with Crippen molar-refractivity contribution in [3.63, 3.8) is 0 Å². The topological polar surface area (TPSA) is 129 Å². The minimum absolute atomic E-state index is 0.0555. The number of aromatic amines is 3. The summed E-state index contributed by atoms with van der Waals surface area (Å²) in [5, 5.41) is 5.67. The van der Waals surface area contributed by atoms with E-state index in [4.69, 9.17) is 9.47 Å². The summed E-state index contributed by atoms with van der Waals surface area (Å²) in [7, 11) is 1.31. The fourth-order valence-corrected chi connectivity index (χ4v) is 7.72. The summed E-state index contributed by atoms with van der Waals surface area (Å²) in [6, 6.07) is 0. The number of fused-ring (bicyclic) bond motifs is 7. The van der Waals surface area contributed by atoms with Crippen LogP contribution in [0, 0.1) is 38.5 Å². The van der Waals surface area contributed by atoms with Crippen LogP contribution in [0.4, 0.5) is 0 Å². The zero-order valence-electron chi connectivity index (χ0n) is 28.3. The van der Waals surface area contributed by atoms with Gasteiger partial charge in [-0.1, -0.05) is 33.4 Å². The van der Waals surface area contributed by atoms with E-state index in [1.165, 1.54) is 23.8 Å². The second-order valence-corrected chi connectivity index (χ2v) is 12.8. The van der Waals surface area contributed by atoms with Crippen LogP contribution in [0.1, 0.15) is 94.6 Å². The maximum absolute atomic E-state index is 14.2. The second-order valence-electron chi connectivity index (χ2n) is 12.8. The van der Waals surface area contributed by atoms with Crippen LogP contribution in [0.25, 0.3) is 23.8 Å². The first-order valence-corrected chi connectivity index (χ1v) is 16.5. The minimum Gasteiger partial charge on any atom is -0.468 e. The van der Waals surface area contributed by atoms with Crippen LogP contribution in [0.5, 0.6) is 0 Å². The van der Waals surface area contributed by atoms with Crippen LogP contribution < -0.4 is 16.0 Å². The van der Waals surface area contributed by atoms with Gasteiger partial charge in [-0.15, -0.1) is 0 Å². The molecule has 47 heavy (non-hydrogen) atoms. The maximum Gasteiger partial charge on any atom is 0.321 e. The van der Waals surface area contributed by atoms with Gasteiger partial charge in [0, 0.05) is 68.6 Å². The summed E-state index contributed by atoms with van der Waals surface area (Å²) in [5.74, 6) is -2.59.